The maximum atomic E-state index is 11.1. The van der Waals surface area contributed by atoms with Crippen LogP contribution in [-0.4, -0.2) is 5.97 Å². The fourth-order valence-corrected chi connectivity index (χ4v) is 5.57. The third kappa shape index (κ3) is 1.18. The second-order valence-electron chi connectivity index (χ2n) is 2.05. The molecule has 58 valence electrons. The van der Waals surface area contributed by atoms with Crippen LogP contribution in [0.5, 0.6) is 0 Å². The van der Waals surface area contributed by atoms with Gasteiger partial charge in [0.15, 0.2) is 0 Å². The molecule has 1 heterocycles. The quantitative estimate of drug-likeness (QED) is 0.685. The predicted octanol–water partition coefficient (Wildman–Crippen LogP) is 2.76. The normalized spacial score (nSPS) is 17.9. The Morgan fingerprint density at radius 1 is 1.36 bits per heavy atom. The Labute approximate surface area is 77.6 Å². The summed E-state index contributed by atoms with van der Waals surface area (Å²) in [6.45, 7) is 0. The van der Waals surface area contributed by atoms with E-state index in [9.17, 15) is 4.79 Å². The molecule has 0 fully saturated rings. The zero-order chi connectivity index (χ0) is 7.84. The van der Waals surface area contributed by atoms with E-state index in [0.717, 1.165) is 9.13 Å². The number of halogens is 2. The van der Waals surface area contributed by atoms with Crippen molar-refractivity contribution in [2.24, 2.45) is 0 Å². The Balaban J connectivity index is 2.60. The monoisotopic (exact) mass is 326 g/mol. The Bertz CT molecular complexity index is 313. The summed E-state index contributed by atoms with van der Waals surface area (Å²) < 4.78 is 6.14. The average Bonchev–Trinajstić information content (AvgIpc) is 2.30. The molecule has 0 unspecified atom stereocenters. The second-order valence-corrected chi connectivity index (χ2v) is 8.49. The van der Waals surface area contributed by atoms with Gasteiger partial charge in [0.2, 0.25) is 0 Å². The number of benzene rings is 1. The summed E-state index contributed by atoms with van der Waals surface area (Å²) in [6, 6.07) is 7.52. The van der Waals surface area contributed by atoms with Crippen LogP contribution in [0.1, 0.15) is 10.4 Å². The molecule has 0 radical (unpaired) electrons. The van der Waals surface area contributed by atoms with Crippen molar-refractivity contribution in [1.29, 1.82) is 0 Å². The Morgan fingerprint density at radius 3 is 2.82 bits per heavy atom. The van der Waals surface area contributed by atoms with Crippen LogP contribution in [0.2, 0.25) is 0 Å². The third-order valence-electron chi connectivity index (χ3n) is 1.39. The molecule has 0 saturated carbocycles. The molecule has 2 nitrogen and oxygen atoms in total. The number of fused-ring (bicyclic) bond motifs is 1. The average molecular weight is 327 g/mol. The second kappa shape index (κ2) is 2.75. The summed E-state index contributed by atoms with van der Waals surface area (Å²) >= 11 is 1.68. The van der Waals surface area contributed by atoms with Gasteiger partial charge in [-0.1, -0.05) is 0 Å². The molecule has 0 saturated heterocycles. The zero-order valence-corrected chi connectivity index (χ0v) is 9.13. The molecule has 0 spiro atoms. The van der Waals surface area contributed by atoms with Gasteiger partial charge in [0, 0.05) is 0 Å². The topological polar surface area (TPSA) is 26.3 Å². The molecule has 1 aromatic rings. The summed E-state index contributed by atoms with van der Waals surface area (Å²) in [5.41, 5.74) is 0.731. The number of carbonyl (C=O) groups excluding carboxylic acids is 1. The number of hydrogen-bond acceptors (Lipinski definition) is 2. The summed E-state index contributed by atoms with van der Waals surface area (Å²) in [6.07, 6.45) is 0. The summed E-state index contributed by atoms with van der Waals surface area (Å²) in [4.78, 5) is 11.1. The molecule has 11 heavy (non-hydrogen) atoms. The molecular weight excluding hydrogens is 323 g/mol. The van der Waals surface area contributed by atoms with Crippen LogP contribution in [0.4, 0.5) is 0 Å². The van der Waals surface area contributed by atoms with Crippen molar-refractivity contribution in [3.63, 3.8) is 0 Å². The van der Waals surface area contributed by atoms with E-state index in [1.165, 1.54) is 0 Å². The van der Waals surface area contributed by atoms with Gasteiger partial charge in [0.1, 0.15) is 0 Å². The first-order valence-electron chi connectivity index (χ1n) is 2.97. The van der Waals surface area contributed by atoms with E-state index in [2.05, 4.69) is 12.7 Å². The van der Waals surface area contributed by atoms with Crippen LogP contribution in [0.15, 0.2) is 24.3 Å². The van der Waals surface area contributed by atoms with Gasteiger partial charge < -0.3 is 0 Å². The van der Waals surface area contributed by atoms with Crippen LogP contribution < -0.4 is 0 Å². The standard InChI is InChI=1S/C7H4BrIO2/c8-9-6-4-2-1-3-5(6)7(10)11-9/h1-4H. The minimum atomic E-state index is -1.71. The third-order valence-corrected chi connectivity index (χ3v) is 7.02. The molecular formula is C7H4BrIO2. The van der Waals surface area contributed by atoms with Gasteiger partial charge >= 0.3 is 77.9 Å². The van der Waals surface area contributed by atoms with Crippen LogP contribution in [-0.2, 0) is 3.07 Å². The van der Waals surface area contributed by atoms with Crippen molar-refractivity contribution < 1.29 is 7.86 Å². The summed E-state index contributed by atoms with van der Waals surface area (Å²) in [5.74, 6) is -0.178. The molecule has 0 bridgehead atoms. The van der Waals surface area contributed by atoms with Crippen molar-refractivity contribution in [3.05, 3.63) is 33.4 Å². The Hall–Kier alpha value is -0.100. The molecule has 0 aliphatic carbocycles. The zero-order valence-electron chi connectivity index (χ0n) is 5.38. The van der Waals surface area contributed by atoms with Gasteiger partial charge in [0.25, 0.3) is 0 Å². The van der Waals surface area contributed by atoms with Gasteiger partial charge in [-0.15, -0.1) is 0 Å². The molecule has 1 aliphatic heterocycles. The van der Waals surface area contributed by atoms with Gasteiger partial charge in [-0.2, -0.15) is 0 Å². The van der Waals surface area contributed by atoms with E-state index in [4.69, 9.17) is 3.07 Å². The van der Waals surface area contributed by atoms with Crippen molar-refractivity contribution in [2.45, 2.75) is 0 Å². The van der Waals surface area contributed by atoms with Gasteiger partial charge in [-0.3, -0.25) is 0 Å². The summed E-state index contributed by atoms with van der Waals surface area (Å²) in [5, 5.41) is 0. The molecule has 4 heteroatoms. The first-order valence-corrected chi connectivity index (χ1v) is 9.77. The molecule has 0 N–H and O–H groups in total. The van der Waals surface area contributed by atoms with Crippen LogP contribution in [0, 0.1) is 3.57 Å². The van der Waals surface area contributed by atoms with Crippen LogP contribution >= 0.6 is 30.7 Å². The van der Waals surface area contributed by atoms with E-state index in [-0.39, 0.29) is 5.97 Å². The van der Waals surface area contributed by atoms with Crippen molar-refractivity contribution in [3.8, 4) is 0 Å². The van der Waals surface area contributed by atoms with Crippen LogP contribution in [0.25, 0.3) is 0 Å². The maximum absolute atomic E-state index is 11.1. The molecule has 1 aliphatic rings. The first-order chi connectivity index (χ1) is 5.29. The molecule has 0 aromatic heterocycles. The minimum absolute atomic E-state index is 0.178. The fourth-order valence-electron chi connectivity index (χ4n) is 0.901. The number of rotatable bonds is 0. The molecule has 0 atom stereocenters. The molecule has 0 amide bonds. The number of carbonyl (C=O) groups is 1. The fraction of sp³-hybridized carbons (Fsp3) is 0. The van der Waals surface area contributed by atoms with Gasteiger partial charge in [-0.05, 0) is 0 Å². The van der Waals surface area contributed by atoms with Crippen LogP contribution in [0.3, 0.4) is 0 Å². The molecule has 1 aromatic carbocycles. The predicted molar refractivity (Wildman–Crippen MR) is 53.5 cm³/mol. The Kier molecular flexibility index (Phi) is 1.88. The SMILES string of the molecule is O=C1OI(Br)c2ccccc21. The first kappa shape index (κ1) is 7.54. The number of hydrogen-bond donors (Lipinski definition) is 0. The van der Waals surface area contributed by atoms with Crippen molar-refractivity contribution >= 4 is 36.7 Å². The van der Waals surface area contributed by atoms with Crippen molar-refractivity contribution in [2.75, 3.05) is 0 Å². The van der Waals surface area contributed by atoms with E-state index in [1.54, 1.807) is 6.07 Å². The Morgan fingerprint density at radius 2 is 2.09 bits per heavy atom. The van der Waals surface area contributed by atoms with E-state index >= 15 is 0 Å². The van der Waals surface area contributed by atoms with Gasteiger partial charge in [0.05, 0.1) is 0 Å². The van der Waals surface area contributed by atoms with E-state index < -0.39 is 18.0 Å². The summed E-state index contributed by atoms with van der Waals surface area (Å²) in [7, 11) is 0. The van der Waals surface area contributed by atoms with Crippen molar-refractivity contribution in [1.82, 2.24) is 0 Å². The van der Waals surface area contributed by atoms with E-state index in [1.807, 2.05) is 18.2 Å². The van der Waals surface area contributed by atoms with E-state index in [0.29, 0.717) is 0 Å². The van der Waals surface area contributed by atoms with Gasteiger partial charge in [-0.25, -0.2) is 0 Å². The molecule has 2 rings (SSSR count).